The van der Waals surface area contributed by atoms with Crippen LogP contribution in [0.5, 0.6) is 11.5 Å². The SMILES string of the molecule is CCOC(=O)c1sc(NC(O)c2cc(Br)c(O)c(OC)c2)c(C(=O)OCC)c1C. The topological polar surface area (TPSA) is 114 Å². The molecule has 0 fully saturated rings. The monoisotopic (exact) mass is 487 g/mol. The van der Waals surface area contributed by atoms with Gasteiger partial charge in [0.1, 0.15) is 9.88 Å². The lowest BCUT2D eigenvalue weighted by atomic mass is 10.1. The van der Waals surface area contributed by atoms with Crippen molar-refractivity contribution in [3.63, 3.8) is 0 Å². The van der Waals surface area contributed by atoms with Crippen molar-refractivity contribution in [1.29, 1.82) is 0 Å². The molecule has 0 bridgehead atoms. The molecule has 0 amide bonds. The van der Waals surface area contributed by atoms with E-state index in [1.807, 2.05) is 0 Å². The van der Waals surface area contributed by atoms with E-state index in [-0.39, 0.29) is 40.2 Å². The average Bonchev–Trinajstić information content (AvgIpc) is 3.00. The molecule has 1 aromatic heterocycles. The number of ether oxygens (including phenoxy) is 3. The summed E-state index contributed by atoms with van der Waals surface area (Å²) in [6.07, 6.45) is -1.26. The Kier molecular flexibility index (Phi) is 7.88. The number of aliphatic hydroxyl groups is 1. The third kappa shape index (κ3) is 5.01. The molecule has 158 valence electrons. The predicted octanol–water partition coefficient (Wildman–Crippen LogP) is 3.99. The van der Waals surface area contributed by atoms with Gasteiger partial charge in [0.15, 0.2) is 17.7 Å². The molecular weight excluding hydrogens is 466 g/mol. The van der Waals surface area contributed by atoms with E-state index in [0.717, 1.165) is 11.3 Å². The van der Waals surface area contributed by atoms with Gasteiger partial charge in [0.05, 0.1) is 30.4 Å². The van der Waals surface area contributed by atoms with Crippen LogP contribution in [0.3, 0.4) is 0 Å². The summed E-state index contributed by atoms with van der Waals surface area (Å²) in [6.45, 7) is 5.33. The number of aliphatic hydroxyl groups excluding tert-OH is 1. The zero-order valence-electron chi connectivity index (χ0n) is 16.4. The number of halogens is 1. The molecule has 8 nitrogen and oxygen atoms in total. The van der Waals surface area contributed by atoms with Crippen LogP contribution in [0.4, 0.5) is 5.00 Å². The van der Waals surface area contributed by atoms with Crippen LogP contribution in [0, 0.1) is 6.92 Å². The number of aromatic hydroxyl groups is 1. The molecule has 1 atom stereocenters. The van der Waals surface area contributed by atoms with Gasteiger partial charge in [-0.25, -0.2) is 9.59 Å². The van der Waals surface area contributed by atoms with Crippen molar-refractivity contribution in [3.8, 4) is 11.5 Å². The summed E-state index contributed by atoms with van der Waals surface area (Å²) in [5, 5.41) is 23.7. The molecule has 0 aliphatic rings. The minimum atomic E-state index is -1.26. The predicted molar refractivity (Wildman–Crippen MR) is 112 cm³/mol. The Hall–Kier alpha value is -2.30. The van der Waals surface area contributed by atoms with E-state index in [0.29, 0.717) is 15.6 Å². The molecule has 1 unspecified atom stereocenters. The fraction of sp³-hybridized carbons (Fsp3) is 0.368. The Labute approximate surface area is 180 Å². The molecule has 0 radical (unpaired) electrons. The Morgan fingerprint density at radius 1 is 1.21 bits per heavy atom. The molecule has 1 aromatic carbocycles. The first-order chi connectivity index (χ1) is 13.7. The number of benzene rings is 1. The van der Waals surface area contributed by atoms with Crippen LogP contribution in [0.1, 0.15) is 51.2 Å². The number of phenols is 1. The van der Waals surface area contributed by atoms with E-state index in [9.17, 15) is 19.8 Å². The third-order valence-corrected chi connectivity index (χ3v) is 5.75. The van der Waals surface area contributed by atoms with Gasteiger partial charge in [-0.2, -0.15) is 0 Å². The zero-order valence-corrected chi connectivity index (χ0v) is 18.8. The second-order valence-electron chi connectivity index (χ2n) is 5.80. The molecule has 0 saturated heterocycles. The molecule has 0 spiro atoms. The van der Waals surface area contributed by atoms with Crippen molar-refractivity contribution in [2.45, 2.75) is 27.0 Å². The Balaban J connectivity index is 2.45. The van der Waals surface area contributed by atoms with Crippen molar-refractivity contribution in [3.05, 3.63) is 38.2 Å². The van der Waals surface area contributed by atoms with Crippen LogP contribution in [0.25, 0.3) is 0 Å². The van der Waals surface area contributed by atoms with E-state index in [2.05, 4.69) is 21.2 Å². The van der Waals surface area contributed by atoms with E-state index in [1.165, 1.54) is 19.2 Å². The lowest BCUT2D eigenvalue weighted by Crippen LogP contribution is -2.13. The number of carbonyl (C=O) groups is 2. The second-order valence-corrected chi connectivity index (χ2v) is 7.68. The molecule has 0 aliphatic carbocycles. The van der Waals surface area contributed by atoms with Gasteiger partial charge in [-0.05, 0) is 54.4 Å². The average molecular weight is 488 g/mol. The van der Waals surface area contributed by atoms with Gasteiger partial charge in [-0.15, -0.1) is 11.3 Å². The molecule has 2 rings (SSSR count). The summed E-state index contributed by atoms with van der Waals surface area (Å²) >= 11 is 4.19. The number of hydrogen-bond donors (Lipinski definition) is 3. The summed E-state index contributed by atoms with van der Waals surface area (Å²) in [5.74, 6) is -1.12. The first-order valence-corrected chi connectivity index (χ1v) is 10.3. The minimum Gasteiger partial charge on any atom is -0.503 e. The number of esters is 2. The maximum atomic E-state index is 12.4. The van der Waals surface area contributed by atoms with Gasteiger partial charge in [0, 0.05) is 5.56 Å². The lowest BCUT2D eigenvalue weighted by Gasteiger charge is -2.16. The molecule has 2 aromatic rings. The van der Waals surface area contributed by atoms with Gasteiger partial charge in [0.2, 0.25) is 0 Å². The van der Waals surface area contributed by atoms with Crippen molar-refractivity contribution in [2.24, 2.45) is 0 Å². The summed E-state index contributed by atoms with van der Waals surface area (Å²) < 4.78 is 15.6. The van der Waals surface area contributed by atoms with Crippen LogP contribution in [0.15, 0.2) is 16.6 Å². The highest BCUT2D eigenvalue weighted by atomic mass is 79.9. The second kappa shape index (κ2) is 9.95. The number of thiophene rings is 1. The quantitative estimate of drug-likeness (QED) is 0.378. The van der Waals surface area contributed by atoms with E-state index in [4.69, 9.17) is 14.2 Å². The number of anilines is 1. The van der Waals surface area contributed by atoms with E-state index >= 15 is 0 Å². The van der Waals surface area contributed by atoms with Crippen molar-refractivity contribution >= 4 is 44.2 Å². The number of phenolic OH excluding ortho intramolecular Hbond substituents is 1. The standard InChI is InChI=1S/C19H22BrNO7S/c1-5-27-18(24)13-9(3)15(19(25)28-6-2)29-17(13)21-16(23)10-7-11(20)14(22)12(8-10)26-4/h7-8,16,21-23H,5-6H2,1-4H3. The molecule has 3 N–H and O–H groups in total. The van der Waals surface area contributed by atoms with Gasteiger partial charge < -0.3 is 29.7 Å². The number of hydrogen-bond acceptors (Lipinski definition) is 9. The largest absolute Gasteiger partial charge is 0.503 e. The Morgan fingerprint density at radius 2 is 1.83 bits per heavy atom. The maximum Gasteiger partial charge on any atom is 0.348 e. The fourth-order valence-corrected chi connectivity index (χ4v) is 4.14. The lowest BCUT2D eigenvalue weighted by molar-refractivity contribution is 0.0527. The first kappa shape index (κ1) is 23.0. The van der Waals surface area contributed by atoms with Crippen LogP contribution in [-0.4, -0.2) is 42.5 Å². The summed E-state index contributed by atoms with van der Waals surface area (Å²) in [5.41, 5.74) is 0.930. The maximum absolute atomic E-state index is 12.4. The molecule has 10 heteroatoms. The molecule has 1 heterocycles. The third-order valence-electron chi connectivity index (χ3n) is 3.94. The highest BCUT2D eigenvalue weighted by Crippen LogP contribution is 2.39. The summed E-state index contributed by atoms with van der Waals surface area (Å²) in [7, 11) is 1.39. The smallest absolute Gasteiger partial charge is 0.348 e. The minimum absolute atomic E-state index is 0.104. The molecule has 29 heavy (non-hydrogen) atoms. The van der Waals surface area contributed by atoms with Crippen molar-refractivity contribution < 1.29 is 34.0 Å². The Morgan fingerprint density at radius 3 is 2.41 bits per heavy atom. The van der Waals surface area contributed by atoms with E-state index in [1.54, 1.807) is 20.8 Å². The van der Waals surface area contributed by atoms with Gasteiger partial charge in [-0.3, -0.25) is 0 Å². The summed E-state index contributed by atoms with van der Waals surface area (Å²) in [6, 6.07) is 2.96. The van der Waals surface area contributed by atoms with Gasteiger partial charge >= 0.3 is 11.9 Å². The van der Waals surface area contributed by atoms with Crippen molar-refractivity contribution in [2.75, 3.05) is 25.6 Å². The fourth-order valence-electron chi connectivity index (χ4n) is 2.57. The number of nitrogens with one attached hydrogen (secondary N) is 1. The number of carbonyl (C=O) groups excluding carboxylic acids is 2. The van der Waals surface area contributed by atoms with Crippen LogP contribution >= 0.6 is 27.3 Å². The summed E-state index contributed by atoms with van der Waals surface area (Å²) in [4.78, 5) is 24.9. The number of rotatable bonds is 8. The first-order valence-electron chi connectivity index (χ1n) is 8.73. The van der Waals surface area contributed by atoms with Crippen LogP contribution < -0.4 is 10.1 Å². The van der Waals surface area contributed by atoms with Crippen molar-refractivity contribution in [1.82, 2.24) is 0 Å². The van der Waals surface area contributed by atoms with E-state index < -0.39 is 18.2 Å². The highest BCUT2D eigenvalue weighted by molar-refractivity contribution is 9.10. The molecule has 0 saturated carbocycles. The number of methoxy groups -OCH3 is 1. The molecule has 0 aliphatic heterocycles. The van der Waals surface area contributed by atoms with Crippen LogP contribution in [-0.2, 0) is 9.47 Å². The normalized spacial score (nSPS) is 11.7. The zero-order chi connectivity index (χ0) is 21.7. The Bertz CT molecular complexity index is 912. The van der Waals surface area contributed by atoms with Crippen LogP contribution in [0.2, 0.25) is 0 Å². The van der Waals surface area contributed by atoms with Gasteiger partial charge in [-0.1, -0.05) is 0 Å². The molecular formula is C19H22BrNO7S. The highest BCUT2D eigenvalue weighted by Gasteiger charge is 2.28. The van der Waals surface area contributed by atoms with Gasteiger partial charge in [0.25, 0.3) is 0 Å².